The van der Waals surface area contributed by atoms with Gasteiger partial charge in [-0.15, -0.1) is 0 Å². The molecule has 1 fully saturated rings. The standard InChI is InChI=1S/C10H15N3O/c11-6-8-5-9(12-7-8)10(14)13-3-1-2-4-13/h5,7,12H,1-4,6,11H2. The van der Waals surface area contributed by atoms with Crippen LogP contribution in [0.1, 0.15) is 28.9 Å². The number of hydrogen-bond acceptors (Lipinski definition) is 2. The zero-order chi connectivity index (χ0) is 9.97. The molecule has 14 heavy (non-hydrogen) atoms. The largest absolute Gasteiger partial charge is 0.357 e. The van der Waals surface area contributed by atoms with Crippen molar-refractivity contribution in [2.24, 2.45) is 5.73 Å². The molecule has 0 spiro atoms. The fraction of sp³-hybridized carbons (Fsp3) is 0.500. The van der Waals surface area contributed by atoms with E-state index in [0.29, 0.717) is 12.2 Å². The van der Waals surface area contributed by atoms with Crippen molar-refractivity contribution in [3.63, 3.8) is 0 Å². The molecule has 0 aromatic carbocycles. The molecule has 0 atom stereocenters. The summed E-state index contributed by atoms with van der Waals surface area (Å²) >= 11 is 0. The molecule has 0 radical (unpaired) electrons. The monoisotopic (exact) mass is 193 g/mol. The second-order valence-electron chi connectivity index (χ2n) is 3.63. The van der Waals surface area contributed by atoms with E-state index in [1.165, 1.54) is 0 Å². The molecule has 3 N–H and O–H groups in total. The minimum absolute atomic E-state index is 0.0993. The van der Waals surface area contributed by atoms with E-state index in [4.69, 9.17) is 5.73 Å². The smallest absolute Gasteiger partial charge is 0.270 e. The lowest BCUT2D eigenvalue weighted by Crippen LogP contribution is -2.27. The summed E-state index contributed by atoms with van der Waals surface area (Å²) in [7, 11) is 0. The Hall–Kier alpha value is -1.29. The van der Waals surface area contributed by atoms with Gasteiger partial charge in [-0.25, -0.2) is 0 Å². The van der Waals surface area contributed by atoms with Gasteiger partial charge in [-0.05, 0) is 24.5 Å². The summed E-state index contributed by atoms with van der Waals surface area (Å²) in [4.78, 5) is 16.7. The Morgan fingerprint density at radius 3 is 2.79 bits per heavy atom. The van der Waals surface area contributed by atoms with Gasteiger partial charge in [0.15, 0.2) is 0 Å². The zero-order valence-corrected chi connectivity index (χ0v) is 8.12. The molecule has 2 heterocycles. The molecule has 1 aliphatic heterocycles. The van der Waals surface area contributed by atoms with Crippen LogP contribution in [0.5, 0.6) is 0 Å². The molecule has 4 nitrogen and oxygen atoms in total. The van der Waals surface area contributed by atoms with Crippen LogP contribution in [0, 0.1) is 0 Å². The van der Waals surface area contributed by atoms with E-state index in [9.17, 15) is 4.79 Å². The van der Waals surface area contributed by atoms with E-state index >= 15 is 0 Å². The summed E-state index contributed by atoms with van der Waals surface area (Å²) in [5.74, 6) is 0.0993. The maximum Gasteiger partial charge on any atom is 0.270 e. The highest BCUT2D eigenvalue weighted by molar-refractivity contribution is 5.92. The van der Waals surface area contributed by atoms with Crippen molar-refractivity contribution in [2.75, 3.05) is 13.1 Å². The minimum Gasteiger partial charge on any atom is -0.357 e. The number of hydrogen-bond donors (Lipinski definition) is 2. The summed E-state index contributed by atoms with van der Waals surface area (Å²) in [6, 6.07) is 1.83. The van der Waals surface area contributed by atoms with Gasteiger partial charge in [-0.3, -0.25) is 4.79 Å². The number of nitrogens with two attached hydrogens (primary N) is 1. The van der Waals surface area contributed by atoms with Crippen LogP contribution in [0.2, 0.25) is 0 Å². The molecule has 1 aromatic rings. The van der Waals surface area contributed by atoms with Crippen LogP contribution >= 0.6 is 0 Å². The molecular weight excluding hydrogens is 178 g/mol. The molecule has 0 saturated carbocycles. The number of likely N-dealkylation sites (tertiary alicyclic amines) is 1. The molecule has 4 heteroatoms. The van der Waals surface area contributed by atoms with Crippen molar-refractivity contribution in [1.29, 1.82) is 0 Å². The molecular formula is C10H15N3O. The van der Waals surface area contributed by atoms with Gasteiger partial charge in [0, 0.05) is 25.8 Å². The quantitative estimate of drug-likeness (QED) is 0.726. The number of aromatic nitrogens is 1. The fourth-order valence-electron chi connectivity index (χ4n) is 1.77. The first-order valence-electron chi connectivity index (χ1n) is 4.98. The van der Waals surface area contributed by atoms with Gasteiger partial charge in [0.2, 0.25) is 0 Å². The van der Waals surface area contributed by atoms with E-state index in [-0.39, 0.29) is 5.91 Å². The highest BCUT2D eigenvalue weighted by Crippen LogP contribution is 2.12. The second kappa shape index (κ2) is 3.84. The molecule has 2 rings (SSSR count). The first kappa shape index (κ1) is 9.27. The van der Waals surface area contributed by atoms with Crippen molar-refractivity contribution in [1.82, 2.24) is 9.88 Å². The Morgan fingerprint density at radius 1 is 1.50 bits per heavy atom. The predicted octanol–water partition coefficient (Wildman–Crippen LogP) is 0.709. The minimum atomic E-state index is 0.0993. The van der Waals surface area contributed by atoms with Crippen LogP contribution in [0.3, 0.4) is 0 Å². The predicted molar refractivity (Wildman–Crippen MR) is 53.8 cm³/mol. The third-order valence-electron chi connectivity index (χ3n) is 2.60. The zero-order valence-electron chi connectivity index (χ0n) is 8.12. The van der Waals surface area contributed by atoms with Gasteiger partial charge in [0.05, 0.1) is 0 Å². The number of aromatic amines is 1. The molecule has 0 bridgehead atoms. The maximum absolute atomic E-state index is 11.8. The number of rotatable bonds is 2. The van der Waals surface area contributed by atoms with Gasteiger partial charge in [0.25, 0.3) is 5.91 Å². The van der Waals surface area contributed by atoms with Gasteiger partial charge in [0.1, 0.15) is 5.69 Å². The van der Waals surface area contributed by atoms with Gasteiger partial charge in [-0.2, -0.15) is 0 Å². The van der Waals surface area contributed by atoms with E-state index in [1.807, 2.05) is 11.0 Å². The van der Waals surface area contributed by atoms with Gasteiger partial charge in [-0.1, -0.05) is 0 Å². The van der Waals surface area contributed by atoms with Gasteiger partial charge >= 0.3 is 0 Å². The Balaban J connectivity index is 2.09. The highest BCUT2D eigenvalue weighted by atomic mass is 16.2. The lowest BCUT2D eigenvalue weighted by Gasteiger charge is -2.13. The number of carbonyl (C=O) groups excluding carboxylic acids is 1. The van der Waals surface area contributed by atoms with Crippen LogP contribution in [0.4, 0.5) is 0 Å². The van der Waals surface area contributed by atoms with Crippen LogP contribution in [0.15, 0.2) is 12.3 Å². The Kier molecular flexibility index (Phi) is 2.54. The van der Waals surface area contributed by atoms with Crippen molar-refractivity contribution >= 4 is 5.91 Å². The molecule has 1 aromatic heterocycles. The summed E-state index contributed by atoms with van der Waals surface area (Å²) in [5.41, 5.74) is 7.11. The Labute approximate surface area is 83.1 Å². The third kappa shape index (κ3) is 1.65. The SMILES string of the molecule is NCc1c[nH]c(C(=O)N2CCCC2)c1. The van der Waals surface area contributed by atoms with Crippen molar-refractivity contribution in [2.45, 2.75) is 19.4 Å². The third-order valence-corrected chi connectivity index (χ3v) is 2.60. The normalized spacial score (nSPS) is 16.2. The van der Waals surface area contributed by atoms with Gasteiger partial charge < -0.3 is 15.6 Å². The Morgan fingerprint density at radius 2 is 2.21 bits per heavy atom. The number of carbonyl (C=O) groups is 1. The van der Waals surface area contributed by atoms with Crippen molar-refractivity contribution < 1.29 is 4.79 Å². The van der Waals surface area contributed by atoms with E-state index < -0.39 is 0 Å². The maximum atomic E-state index is 11.8. The topological polar surface area (TPSA) is 62.1 Å². The van der Waals surface area contributed by atoms with Crippen LogP contribution in [0.25, 0.3) is 0 Å². The molecule has 76 valence electrons. The van der Waals surface area contributed by atoms with E-state index in [1.54, 1.807) is 6.20 Å². The fourth-order valence-corrected chi connectivity index (χ4v) is 1.77. The second-order valence-corrected chi connectivity index (χ2v) is 3.63. The van der Waals surface area contributed by atoms with E-state index in [0.717, 1.165) is 31.5 Å². The average molecular weight is 193 g/mol. The van der Waals surface area contributed by atoms with E-state index in [2.05, 4.69) is 4.98 Å². The van der Waals surface area contributed by atoms with Crippen molar-refractivity contribution in [3.05, 3.63) is 23.5 Å². The number of nitrogens with one attached hydrogen (secondary N) is 1. The first-order chi connectivity index (χ1) is 6.81. The lowest BCUT2D eigenvalue weighted by molar-refractivity contribution is 0.0787. The molecule has 0 unspecified atom stereocenters. The lowest BCUT2D eigenvalue weighted by atomic mass is 10.3. The van der Waals surface area contributed by atoms with Crippen LogP contribution in [-0.2, 0) is 6.54 Å². The molecule has 1 aliphatic rings. The number of nitrogens with zero attached hydrogens (tertiary/aromatic N) is 1. The highest BCUT2D eigenvalue weighted by Gasteiger charge is 2.20. The Bertz CT molecular complexity index is 326. The summed E-state index contributed by atoms with van der Waals surface area (Å²) in [5, 5.41) is 0. The average Bonchev–Trinajstić information content (AvgIpc) is 2.88. The number of H-pyrrole nitrogens is 1. The first-order valence-corrected chi connectivity index (χ1v) is 4.98. The van der Waals surface area contributed by atoms with Crippen molar-refractivity contribution in [3.8, 4) is 0 Å². The summed E-state index contributed by atoms with van der Waals surface area (Å²) in [6.45, 7) is 2.25. The number of amides is 1. The van der Waals surface area contributed by atoms with Crippen LogP contribution < -0.4 is 5.73 Å². The molecule has 1 saturated heterocycles. The van der Waals surface area contributed by atoms with Crippen LogP contribution in [-0.4, -0.2) is 28.9 Å². The summed E-state index contributed by atoms with van der Waals surface area (Å²) in [6.07, 6.45) is 4.04. The summed E-state index contributed by atoms with van der Waals surface area (Å²) < 4.78 is 0. The molecule has 1 amide bonds. The molecule has 0 aliphatic carbocycles.